The van der Waals surface area contributed by atoms with E-state index in [1.807, 2.05) is 23.5 Å². The topological polar surface area (TPSA) is 51.8 Å². The maximum Gasteiger partial charge on any atom is 0.164 e. The fourth-order valence-corrected chi connectivity index (χ4v) is 13.1. The predicted molar refractivity (Wildman–Crippen MR) is 273 cm³/mol. The molecule has 4 nitrogen and oxygen atoms in total. The second-order valence-corrected chi connectivity index (χ2v) is 19.5. The minimum atomic E-state index is 0.602. The molecule has 14 aromatic rings. The van der Waals surface area contributed by atoms with Gasteiger partial charge in [0.25, 0.3) is 0 Å². The number of nitrogens with zero attached hydrogens (tertiary/aromatic N) is 3. The van der Waals surface area contributed by atoms with Crippen molar-refractivity contribution in [3.8, 4) is 56.4 Å². The van der Waals surface area contributed by atoms with E-state index in [4.69, 9.17) is 19.4 Å². The fraction of sp³-hybridized carbons (Fsp3) is 0. The highest BCUT2D eigenvalue weighted by molar-refractivity contribution is 7.26. The Labute approximate surface area is 378 Å². The van der Waals surface area contributed by atoms with Crippen LogP contribution in [0.1, 0.15) is 0 Å². The molecule has 0 N–H and O–H groups in total. The summed E-state index contributed by atoms with van der Waals surface area (Å²) in [4.78, 5) is 15.9. The number of fused-ring (bicyclic) bond motifs is 12. The monoisotopic (exact) mass is 869 g/mol. The zero-order valence-electron chi connectivity index (χ0n) is 33.9. The van der Waals surface area contributed by atoms with Crippen LogP contribution in [-0.4, -0.2) is 15.0 Å². The molecule has 0 radical (unpaired) electrons. The Hall–Kier alpha value is -7.55. The molecule has 5 aromatic heterocycles. The Bertz CT molecular complexity index is 4080. The summed E-state index contributed by atoms with van der Waals surface area (Å²) in [5.74, 6) is 1.86. The summed E-state index contributed by atoms with van der Waals surface area (Å²) < 4.78 is 14.1. The van der Waals surface area contributed by atoms with Crippen molar-refractivity contribution in [2.45, 2.75) is 0 Å². The summed E-state index contributed by atoms with van der Waals surface area (Å²) in [5.41, 5.74) is 9.18. The summed E-state index contributed by atoms with van der Waals surface area (Å²) in [6.07, 6.45) is 0. The van der Waals surface area contributed by atoms with Gasteiger partial charge in [-0.1, -0.05) is 133 Å². The third-order valence-electron chi connectivity index (χ3n) is 12.6. The number of thiophene rings is 3. The smallest absolute Gasteiger partial charge is 0.164 e. The van der Waals surface area contributed by atoms with E-state index in [-0.39, 0.29) is 0 Å². The van der Waals surface area contributed by atoms with Crippen LogP contribution in [0.25, 0.3) is 139 Å². The van der Waals surface area contributed by atoms with Gasteiger partial charge in [-0.05, 0) is 76.9 Å². The van der Waals surface area contributed by atoms with Crippen LogP contribution in [0.4, 0.5) is 0 Å². The van der Waals surface area contributed by atoms with Gasteiger partial charge in [0, 0.05) is 88.0 Å². The quantitative estimate of drug-likeness (QED) is 0.173. The lowest BCUT2D eigenvalue weighted by molar-refractivity contribution is 0.669. The standard InChI is InChI=1S/C57H31N3OS3/c1-2-11-32(12-3-1)36-15-9-21-48-53(36)54-37(16-10-22-49(54)64-48)33-25-28-44-43(29-33)52-42(17-8-18-45(52)61-44)57-59-55(34-23-26-40-38-13-4-6-19-46(38)62-50(40)30-34)58-56(60-57)35-24-27-41-39-14-5-7-20-47(39)63-51(41)31-35/h1-31H. The van der Waals surface area contributed by atoms with E-state index in [1.54, 1.807) is 22.7 Å². The Morgan fingerprint density at radius 3 is 1.44 bits per heavy atom. The molecule has 298 valence electrons. The van der Waals surface area contributed by atoms with Gasteiger partial charge >= 0.3 is 0 Å². The van der Waals surface area contributed by atoms with Crippen LogP contribution in [0.5, 0.6) is 0 Å². The van der Waals surface area contributed by atoms with Crippen LogP contribution in [0.3, 0.4) is 0 Å². The molecule has 14 rings (SSSR count). The SMILES string of the molecule is c1ccc(-c2cccc3sc4cccc(-c5ccc6oc7cccc(-c8nc(-c9ccc%10c(c9)sc9ccccc9%10)nc(-c9ccc%10c(c9)sc9ccccc9%10)n8)c7c6c5)c4c23)cc1. The Kier molecular flexibility index (Phi) is 7.86. The highest BCUT2D eigenvalue weighted by Crippen LogP contribution is 2.46. The second kappa shape index (κ2) is 14.0. The number of hydrogen-bond acceptors (Lipinski definition) is 7. The van der Waals surface area contributed by atoms with Crippen molar-refractivity contribution < 1.29 is 4.42 Å². The third kappa shape index (κ3) is 5.55. The van der Waals surface area contributed by atoms with E-state index >= 15 is 0 Å². The molecule has 0 atom stereocenters. The Morgan fingerprint density at radius 2 is 0.781 bits per heavy atom. The normalized spacial score (nSPS) is 12.1. The minimum absolute atomic E-state index is 0.602. The number of aromatic nitrogens is 3. The molecule has 0 spiro atoms. The number of benzene rings is 9. The predicted octanol–water partition coefficient (Wildman–Crippen LogP) is 17.2. The highest BCUT2D eigenvalue weighted by atomic mass is 32.1. The first-order valence-electron chi connectivity index (χ1n) is 21.2. The molecular formula is C57H31N3OS3. The molecule has 0 aliphatic rings. The first-order valence-corrected chi connectivity index (χ1v) is 23.7. The lowest BCUT2D eigenvalue weighted by atomic mass is 9.94. The summed E-state index contributed by atoms with van der Waals surface area (Å²) in [7, 11) is 0. The van der Waals surface area contributed by atoms with E-state index in [1.165, 1.54) is 77.2 Å². The van der Waals surface area contributed by atoms with Crippen molar-refractivity contribution in [1.82, 2.24) is 15.0 Å². The lowest BCUT2D eigenvalue weighted by Gasteiger charge is -2.10. The van der Waals surface area contributed by atoms with Crippen LogP contribution in [-0.2, 0) is 0 Å². The van der Waals surface area contributed by atoms with Crippen LogP contribution in [0, 0.1) is 0 Å². The van der Waals surface area contributed by atoms with Gasteiger partial charge in [-0.3, -0.25) is 0 Å². The molecule has 7 heteroatoms. The van der Waals surface area contributed by atoms with Crippen LogP contribution < -0.4 is 0 Å². The summed E-state index contributed by atoms with van der Waals surface area (Å²) >= 11 is 5.45. The van der Waals surface area contributed by atoms with Crippen LogP contribution in [0.15, 0.2) is 192 Å². The van der Waals surface area contributed by atoms with Gasteiger partial charge in [0.2, 0.25) is 0 Å². The van der Waals surface area contributed by atoms with Crippen molar-refractivity contribution >= 4 is 116 Å². The minimum Gasteiger partial charge on any atom is -0.456 e. The second-order valence-electron chi connectivity index (χ2n) is 16.2. The van der Waals surface area contributed by atoms with Crippen LogP contribution in [0.2, 0.25) is 0 Å². The van der Waals surface area contributed by atoms with Crippen molar-refractivity contribution in [3.05, 3.63) is 188 Å². The summed E-state index contributed by atoms with van der Waals surface area (Å²) in [6, 6.07) is 67.3. The molecule has 0 saturated heterocycles. The van der Waals surface area contributed by atoms with Gasteiger partial charge in [-0.2, -0.15) is 0 Å². The highest BCUT2D eigenvalue weighted by Gasteiger charge is 2.21. The molecule has 0 amide bonds. The lowest BCUT2D eigenvalue weighted by Crippen LogP contribution is -2.00. The molecule has 0 unspecified atom stereocenters. The van der Waals surface area contributed by atoms with E-state index in [0.29, 0.717) is 17.5 Å². The number of furan rings is 1. The molecule has 5 heterocycles. The van der Waals surface area contributed by atoms with E-state index in [2.05, 4.69) is 176 Å². The zero-order chi connectivity index (χ0) is 41.9. The van der Waals surface area contributed by atoms with Gasteiger partial charge in [0.05, 0.1) is 0 Å². The van der Waals surface area contributed by atoms with E-state index < -0.39 is 0 Å². The Morgan fingerprint density at radius 1 is 0.281 bits per heavy atom. The van der Waals surface area contributed by atoms with Crippen molar-refractivity contribution in [3.63, 3.8) is 0 Å². The van der Waals surface area contributed by atoms with Gasteiger partial charge in [0.1, 0.15) is 11.2 Å². The van der Waals surface area contributed by atoms with Crippen LogP contribution >= 0.6 is 34.0 Å². The van der Waals surface area contributed by atoms with E-state index in [0.717, 1.165) is 44.2 Å². The summed E-state index contributed by atoms with van der Waals surface area (Å²) in [5, 5.41) is 9.56. The van der Waals surface area contributed by atoms with Crippen molar-refractivity contribution in [2.24, 2.45) is 0 Å². The average molecular weight is 870 g/mol. The Balaban J connectivity index is 0.983. The zero-order valence-corrected chi connectivity index (χ0v) is 36.3. The van der Waals surface area contributed by atoms with E-state index in [9.17, 15) is 0 Å². The molecule has 0 aliphatic carbocycles. The molecule has 0 fully saturated rings. The molecule has 64 heavy (non-hydrogen) atoms. The van der Waals surface area contributed by atoms with Crippen molar-refractivity contribution in [1.29, 1.82) is 0 Å². The van der Waals surface area contributed by atoms with Gasteiger partial charge in [0.15, 0.2) is 17.5 Å². The van der Waals surface area contributed by atoms with Gasteiger partial charge in [-0.25, -0.2) is 15.0 Å². The largest absolute Gasteiger partial charge is 0.456 e. The third-order valence-corrected chi connectivity index (χ3v) is 16.0. The maximum atomic E-state index is 6.64. The first-order chi connectivity index (χ1) is 31.7. The molecule has 0 saturated carbocycles. The van der Waals surface area contributed by atoms with Gasteiger partial charge in [-0.15, -0.1) is 34.0 Å². The molecular weight excluding hydrogens is 839 g/mol. The first kappa shape index (κ1) is 36.0. The fourth-order valence-electron chi connectivity index (χ4n) is 9.63. The molecule has 0 bridgehead atoms. The summed E-state index contributed by atoms with van der Waals surface area (Å²) in [6.45, 7) is 0. The molecule has 0 aliphatic heterocycles. The maximum absolute atomic E-state index is 6.64. The average Bonchev–Trinajstić information content (AvgIpc) is 4.13. The molecule has 9 aromatic carbocycles. The number of rotatable bonds is 5. The van der Waals surface area contributed by atoms with Gasteiger partial charge < -0.3 is 4.42 Å². The van der Waals surface area contributed by atoms with Crippen molar-refractivity contribution in [2.75, 3.05) is 0 Å². The number of hydrogen-bond donors (Lipinski definition) is 0.